The number of anilines is 1. The molecule has 6 heteroatoms. The molecular weight excluding hydrogens is 258 g/mol. The van der Waals surface area contributed by atoms with Crippen LogP contribution in [0.25, 0.3) is 0 Å². The number of rotatable bonds is 5. The van der Waals surface area contributed by atoms with Crippen LogP contribution >= 0.6 is 11.6 Å². The summed E-state index contributed by atoms with van der Waals surface area (Å²) in [6.07, 6.45) is -0.617. The second-order valence-electron chi connectivity index (χ2n) is 3.80. The van der Waals surface area contributed by atoms with Gasteiger partial charge in [-0.1, -0.05) is 11.6 Å². The first-order valence-electron chi connectivity index (χ1n) is 5.53. The largest absolute Gasteiger partial charge is 0.489 e. The minimum atomic E-state index is -0.641. The molecule has 0 unspecified atom stereocenters. The smallest absolute Gasteiger partial charge is 0.411 e. The molecule has 0 saturated carbocycles. The molecule has 2 N–H and O–H groups in total. The lowest BCUT2D eigenvalue weighted by Gasteiger charge is -2.12. The summed E-state index contributed by atoms with van der Waals surface area (Å²) in [4.78, 5) is 11.2. The predicted molar refractivity (Wildman–Crippen MR) is 69.3 cm³/mol. The number of carbonyl (C=O) groups excluding carboxylic acids is 1. The zero-order valence-corrected chi connectivity index (χ0v) is 11.0. The highest BCUT2D eigenvalue weighted by atomic mass is 35.5. The molecule has 0 radical (unpaired) electrons. The van der Waals surface area contributed by atoms with E-state index < -0.39 is 6.09 Å². The van der Waals surface area contributed by atoms with E-state index in [9.17, 15) is 4.79 Å². The summed E-state index contributed by atoms with van der Waals surface area (Å²) < 4.78 is 10.1. The van der Waals surface area contributed by atoms with Crippen LogP contribution in [0, 0.1) is 0 Å². The van der Waals surface area contributed by atoms with Crippen LogP contribution in [0.1, 0.15) is 13.8 Å². The molecule has 0 heterocycles. The van der Waals surface area contributed by atoms with E-state index in [1.807, 2.05) is 13.8 Å². The van der Waals surface area contributed by atoms with Crippen LogP contribution in [0.15, 0.2) is 18.2 Å². The molecule has 100 valence electrons. The second-order valence-corrected chi connectivity index (χ2v) is 4.20. The minimum Gasteiger partial charge on any atom is -0.489 e. The lowest BCUT2D eigenvalue weighted by Crippen LogP contribution is -2.15. The molecule has 1 aromatic carbocycles. The van der Waals surface area contributed by atoms with E-state index in [1.54, 1.807) is 18.2 Å². The first-order valence-corrected chi connectivity index (χ1v) is 5.91. The molecule has 5 nitrogen and oxygen atoms in total. The van der Waals surface area contributed by atoms with Crippen LogP contribution < -0.4 is 10.1 Å². The van der Waals surface area contributed by atoms with Crippen molar-refractivity contribution in [3.8, 4) is 5.75 Å². The summed E-state index contributed by atoms with van der Waals surface area (Å²) in [5.41, 5.74) is 0.499. The van der Waals surface area contributed by atoms with Gasteiger partial charge in [0.15, 0.2) is 0 Å². The van der Waals surface area contributed by atoms with Crippen molar-refractivity contribution in [2.24, 2.45) is 0 Å². The van der Waals surface area contributed by atoms with Gasteiger partial charge in [-0.2, -0.15) is 0 Å². The monoisotopic (exact) mass is 273 g/mol. The Morgan fingerprint density at radius 1 is 1.50 bits per heavy atom. The van der Waals surface area contributed by atoms with Gasteiger partial charge >= 0.3 is 6.09 Å². The zero-order valence-electron chi connectivity index (χ0n) is 10.3. The predicted octanol–water partition coefficient (Wildman–Crippen LogP) is 2.67. The molecule has 0 aliphatic heterocycles. The van der Waals surface area contributed by atoms with Crippen LogP contribution in [0.3, 0.4) is 0 Å². The number of aliphatic hydroxyl groups excluding tert-OH is 1. The molecular formula is C12H16ClNO4. The van der Waals surface area contributed by atoms with Crippen molar-refractivity contribution in [1.29, 1.82) is 0 Å². The van der Waals surface area contributed by atoms with Gasteiger partial charge in [0.2, 0.25) is 0 Å². The van der Waals surface area contributed by atoms with Crippen LogP contribution in [-0.4, -0.2) is 30.5 Å². The Labute approximate surface area is 111 Å². The number of ether oxygens (including phenoxy) is 2. The minimum absolute atomic E-state index is 0.0239. The Morgan fingerprint density at radius 3 is 2.78 bits per heavy atom. The Balaban J connectivity index is 2.63. The number of hydrogen-bond donors (Lipinski definition) is 2. The summed E-state index contributed by atoms with van der Waals surface area (Å²) in [5.74, 6) is 0.556. The van der Waals surface area contributed by atoms with E-state index in [2.05, 4.69) is 10.1 Å². The number of hydrogen-bond acceptors (Lipinski definition) is 4. The highest BCUT2D eigenvalue weighted by molar-refractivity contribution is 6.32. The fraction of sp³-hybridized carbons (Fsp3) is 0.417. The third kappa shape index (κ3) is 4.81. The molecule has 18 heavy (non-hydrogen) atoms. The normalized spacial score (nSPS) is 10.3. The summed E-state index contributed by atoms with van der Waals surface area (Å²) in [6, 6.07) is 4.90. The van der Waals surface area contributed by atoms with Crippen molar-refractivity contribution >= 4 is 23.4 Å². The number of carbonyl (C=O) groups is 1. The molecule has 0 atom stereocenters. The van der Waals surface area contributed by atoms with E-state index >= 15 is 0 Å². The SMILES string of the molecule is CC(C)Oc1ccc(NC(=O)OCCO)cc1Cl. The van der Waals surface area contributed by atoms with Gasteiger partial charge < -0.3 is 14.6 Å². The molecule has 1 amide bonds. The first-order chi connectivity index (χ1) is 8.52. The van der Waals surface area contributed by atoms with Crippen LogP contribution in [-0.2, 0) is 4.74 Å². The maximum Gasteiger partial charge on any atom is 0.411 e. The molecule has 0 bridgehead atoms. The highest BCUT2D eigenvalue weighted by Gasteiger charge is 2.07. The maximum atomic E-state index is 11.2. The molecule has 0 aromatic heterocycles. The van der Waals surface area contributed by atoms with Crippen LogP contribution in [0.5, 0.6) is 5.75 Å². The van der Waals surface area contributed by atoms with E-state index in [0.29, 0.717) is 16.5 Å². The van der Waals surface area contributed by atoms with Crippen LogP contribution in [0.4, 0.5) is 10.5 Å². The Bertz CT molecular complexity index is 409. The molecule has 0 aliphatic rings. The third-order valence-electron chi connectivity index (χ3n) is 1.87. The van der Waals surface area contributed by atoms with E-state index in [4.69, 9.17) is 21.4 Å². The van der Waals surface area contributed by atoms with Gasteiger partial charge in [-0.05, 0) is 32.0 Å². The van der Waals surface area contributed by atoms with Crippen molar-refractivity contribution in [1.82, 2.24) is 0 Å². The first kappa shape index (κ1) is 14.6. The fourth-order valence-electron chi connectivity index (χ4n) is 1.22. The maximum absolute atomic E-state index is 11.2. The molecule has 0 spiro atoms. The Morgan fingerprint density at radius 2 is 2.22 bits per heavy atom. The van der Waals surface area contributed by atoms with Crippen molar-refractivity contribution < 1.29 is 19.4 Å². The van der Waals surface area contributed by atoms with Gasteiger partial charge in [-0.15, -0.1) is 0 Å². The molecule has 1 aromatic rings. The van der Waals surface area contributed by atoms with Crippen LogP contribution in [0.2, 0.25) is 5.02 Å². The lowest BCUT2D eigenvalue weighted by molar-refractivity contribution is 0.131. The fourth-order valence-corrected chi connectivity index (χ4v) is 1.45. The molecule has 0 aliphatic carbocycles. The van der Waals surface area contributed by atoms with Gasteiger partial charge in [0.05, 0.1) is 17.7 Å². The molecule has 1 rings (SSSR count). The molecule has 0 fully saturated rings. The number of benzene rings is 1. The van der Waals surface area contributed by atoms with Crippen molar-refractivity contribution in [3.63, 3.8) is 0 Å². The summed E-state index contributed by atoms with van der Waals surface area (Å²) in [7, 11) is 0. The number of halogens is 1. The van der Waals surface area contributed by atoms with E-state index in [0.717, 1.165) is 0 Å². The molecule has 0 saturated heterocycles. The van der Waals surface area contributed by atoms with Gasteiger partial charge in [-0.25, -0.2) is 4.79 Å². The summed E-state index contributed by atoms with van der Waals surface area (Å²) in [5, 5.41) is 11.4. The number of amides is 1. The standard InChI is InChI=1S/C12H16ClNO4/c1-8(2)18-11-4-3-9(7-10(11)13)14-12(16)17-6-5-15/h3-4,7-8,15H,5-6H2,1-2H3,(H,14,16). The summed E-state index contributed by atoms with van der Waals surface area (Å²) >= 11 is 6.00. The average molecular weight is 274 g/mol. The number of nitrogens with one attached hydrogen (secondary N) is 1. The Hall–Kier alpha value is -1.46. The third-order valence-corrected chi connectivity index (χ3v) is 2.16. The van der Waals surface area contributed by atoms with Gasteiger partial charge in [0.1, 0.15) is 12.4 Å². The van der Waals surface area contributed by atoms with E-state index in [1.165, 1.54) is 0 Å². The van der Waals surface area contributed by atoms with Gasteiger partial charge in [0, 0.05) is 5.69 Å². The van der Waals surface area contributed by atoms with E-state index in [-0.39, 0.29) is 19.3 Å². The van der Waals surface area contributed by atoms with Crippen molar-refractivity contribution in [3.05, 3.63) is 23.2 Å². The quantitative estimate of drug-likeness (QED) is 0.865. The second kappa shape index (κ2) is 7.08. The topological polar surface area (TPSA) is 67.8 Å². The average Bonchev–Trinajstić information content (AvgIpc) is 2.29. The van der Waals surface area contributed by atoms with Crippen molar-refractivity contribution in [2.45, 2.75) is 20.0 Å². The van der Waals surface area contributed by atoms with Crippen molar-refractivity contribution in [2.75, 3.05) is 18.5 Å². The lowest BCUT2D eigenvalue weighted by atomic mass is 10.3. The van der Waals surface area contributed by atoms with Gasteiger partial charge in [-0.3, -0.25) is 5.32 Å². The summed E-state index contributed by atoms with van der Waals surface area (Å²) in [6.45, 7) is 3.53. The highest BCUT2D eigenvalue weighted by Crippen LogP contribution is 2.28. The number of aliphatic hydroxyl groups is 1. The zero-order chi connectivity index (χ0) is 13.5. The van der Waals surface area contributed by atoms with Gasteiger partial charge in [0.25, 0.3) is 0 Å². The Kier molecular flexibility index (Phi) is 5.74.